The molecule has 0 aromatic heterocycles. The molecule has 3 nitrogen and oxygen atoms in total. The quantitative estimate of drug-likeness (QED) is 0.804. The number of allylic oxidation sites excluding steroid dienone is 1. The highest BCUT2D eigenvalue weighted by molar-refractivity contribution is 9.11. The first-order valence-corrected chi connectivity index (χ1v) is 5.47. The van der Waals surface area contributed by atoms with Crippen molar-refractivity contribution in [1.29, 1.82) is 0 Å². The van der Waals surface area contributed by atoms with Gasteiger partial charge in [0.15, 0.2) is 0 Å². The van der Waals surface area contributed by atoms with E-state index in [2.05, 4.69) is 37.6 Å². The Morgan fingerprint density at radius 2 is 2.43 bits per heavy atom. The van der Waals surface area contributed by atoms with E-state index in [1.54, 1.807) is 0 Å². The van der Waals surface area contributed by atoms with Crippen LogP contribution in [0.15, 0.2) is 28.0 Å². The third kappa shape index (κ3) is 2.96. The van der Waals surface area contributed by atoms with Crippen LogP contribution in [0.3, 0.4) is 0 Å². The van der Waals surface area contributed by atoms with Crippen LogP contribution in [0.5, 0.6) is 0 Å². The molecule has 1 aliphatic heterocycles. The Kier molecular flexibility index (Phi) is 4.90. The number of hydrogen-bond donors (Lipinski definition) is 2. The highest BCUT2D eigenvalue weighted by atomic mass is 79.9. The average molecular weight is 258 g/mol. The van der Waals surface area contributed by atoms with Gasteiger partial charge in [0, 0.05) is 42.1 Å². The van der Waals surface area contributed by atoms with E-state index >= 15 is 0 Å². The van der Waals surface area contributed by atoms with E-state index in [1.807, 2.05) is 32.7 Å². The van der Waals surface area contributed by atoms with Gasteiger partial charge in [-0.1, -0.05) is 22.0 Å². The molecule has 1 rings (SSSR count). The summed E-state index contributed by atoms with van der Waals surface area (Å²) in [4.78, 5) is 4.16. The van der Waals surface area contributed by atoms with Gasteiger partial charge in [0.1, 0.15) is 0 Å². The van der Waals surface area contributed by atoms with E-state index in [9.17, 15) is 0 Å². The van der Waals surface area contributed by atoms with Crippen molar-refractivity contribution in [3.8, 4) is 0 Å². The molecule has 0 aromatic carbocycles. The van der Waals surface area contributed by atoms with Gasteiger partial charge >= 0.3 is 0 Å². The second-order valence-corrected chi connectivity index (χ2v) is 4.08. The standard InChI is InChI=1S/C10H16BrN3/c1-12-7-9(11)10(13-2)8-4-3-5-14-6-8/h3,5-8,10,12-13H,4H2,1-2H3/b9-7+. The Morgan fingerprint density at radius 1 is 1.64 bits per heavy atom. The molecule has 0 aromatic rings. The zero-order valence-corrected chi connectivity index (χ0v) is 10.1. The molecular formula is C10H16BrN3. The second kappa shape index (κ2) is 5.98. The molecule has 1 heterocycles. The summed E-state index contributed by atoms with van der Waals surface area (Å²) in [5.74, 6) is 0.420. The molecule has 2 unspecified atom stereocenters. The summed E-state index contributed by atoms with van der Waals surface area (Å²) in [7, 11) is 3.85. The minimum atomic E-state index is 0.288. The van der Waals surface area contributed by atoms with Crippen LogP contribution in [0.4, 0.5) is 0 Å². The van der Waals surface area contributed by atoms with E-state index in [4.69, 9.17) is 0 Å². The summed E-state index contributed by atoms with van der Waals surface area (Å²) in [6.07, 6.45) is 8.91. The summed E-state index contributed by atoms with van der Waals surface area (Å²) < 4.78 is 1.12. The van der Waals surface area contributed by atoms with Crippen molar-refractivity contribution in [3.63, 3.8) is 0 Å². The first kappa shape index (κ1) is 11.5. The van der Waals surface area contributed by atoms with Crippen molar-refractivity contribution in [1.82, 2.24) is 10.6 Å². The maximum Gasteiger partial charge on any atom is 0.0480 e. The number of hydrogen-bond acceptors (Lipinski definition) is 3. The van der Waals surface area contributed by atoms with Crippen molar-refractivity contribution in [2.75, 3.05) is 14.1 Å². The highest BCUT2D eigenvalue weighted by Gasteiger charge is 2.20. The van der Waals surface area contributed by atoms with E-state index in [0.29, 0.717) is 5.92 Å². The average Bonchev–Trinajstić information content (AvgIpc) is 2.21. The topological polar surface area (TPSA) is 36.4 Å². The molecule has 0 saturated carbocycles. The molecule has 0 spiro atoms. The van der Waals surface area contributed by atoms with Gasteiger partial charge in [-0.25, -0.2) is 0 Å². The van der Waals surface area contributed by atoms with Crippen molar-refractivity contribution in [2.45, 2.75) is 12.5 Å². The molecule has 0 saturated heterocycles. The fourth-order valence-corrected chi connectivity index (χ4v) is 2.30. The zero-order chi connectivity index (χ0) is 10.4. The molecule has 0 radical (unpaired) electrons. The van der Waals surface area contributed by atoms with Gasteiger partial charge in [-0.3, -0.25) is 4.99 Å². The molecule has 14 heavy (non-hydrogen) atoms. The lowest BCUT2D eigenvalue weighted by Crippen LogP contribution is -2.35. The number of nitrogens with one attached hydrogen (secondary N) is 2. The third-order valence-corrected chi connectivity index (χ3v) is 2.92. The van der Waals surface area contributed by atoms with E-state index < -0.39 is 0 Å². The van der Waals surface area contributed by atoms with Crippen LogP contribution in [-0.2, 0) is 0 Å². The van der Waals surface area contributed by atoms with Crippen molar-refractivity contribution in [2.24, 2.45) is 10.9 Å². The summed E-state index contributed by atoms with van der Waals surface area (Å²) in [5, 5.41) is 6.29. The van der Waals surface area contributed by atoms with E-state index in [1.165, 1.54) is 0 Å². The molecule has 0 aliphatic carbocycles. The van der Waals surface area contributed by atoms with Gasteiger partial charge in [-0.05, 0) is 13.5 Å². The van der Waals surface area contributed by atoms with Gasteiger partial charge < -0.3 is 10.6 Å². The molecule has 0 bridgehead atoms. The molecule has 2 N–H and O–H groups in total. The summed E-state index contributed by atoms with van der Waals surface area (Å²) in [6, 6.07) is 0.288. The minimum absolute atomic E-state index is 0.288. The van der Waals surface area contributed by atoms with Gasteiger partial charge in [0.2, 0.25) is 0 Å². The van der Waals surface area contributed by atoms with Gasteiger partial charge in [-0.15, -0.1) is 0 Å². The number of likely N-dealkylation sites (N-methyl/N-ethyl adjacent to an activating group) is 1. The van der Waals surface area contributed by atoms with E-state index in [0.717, 1.165) is 10.9 Å². The summed E-state index contributed by atoms with van der Waals surface area (Å²) in [6.45, 7) is 0. The Bertz CT molecular complexity index is 258. The second-order valence-electron chi connectivity index (χ2n) is 3.17. The van der Waals surface area contributed by atoms with Crippen LogP contribution in [0.1, 0.15) is 6.42 Å². The van der Waals surface area contributed by atoms with Crippen LogP contribution in [0, 0.1) is 5.92 Å². The van der Waals surface area contributed by atoms with Crippen LogP contribution < -0.4 is 10.6 Å². The molecular weight excluding hydrogens is 242 g/mol. The molecule has 0 amide bonds. The van der Waals surface area contributed by atoms with Crippen LogP contribution in [0.25, 0.3) is 0 Å². The Hall–Kier alpha value is -0.610. The van der Waals surface area contributed by atoms with E-state index in [-0.39, 0.29) is 6.04 Å². The van der Waals surface area contributed by atoms with Gasteiger partial charge in [0.25, 0.3) is 0 Å². The Labute approximate surface area is 93.5 Å². The number of rotatable bonds is 4. The maximum atomic E-state index is 4.16. The smallest absolute Gasteiger partial charge is 0.0480 e. The lowest BCUT2D eigenvalue weighted by Gasteiger charge is -2.23. The first-order chi connectivity index (χ1) is 6.79. The first-order valence-electron chi connectivity index (χ1n) is 4.68. The predicted molar refractivity (Wildman–Crippen MR) is 64.7 cm³/mol. The molecule has 2 atom stereocenters. The molecule has 4 heteroatoms. The number of aliphatic imine (C=N–C) groups is 1. The monoisotopic (exact) mass is 257 g/mol. The van der Waals surface area contributed by atoms with Crippen LogP contribution in [-0.4, -0.2) is 26.4 Å². The normalized spacial score (nSPS) is 23.6. The summed E-state index contributed by atoms with van der Waals surface area (Å²) in [5.41, 5.74) is 0. The predicted octanol–water partition coefficient (Wildman–Crippen LogP) is 1.63. The van der Waals surface area contributed by atoms with Crippen LogP contribution in [0.2, 0.25) is 0 Å². The largest absolute Gasteiger partial charge is 0.393 e. The van der Waals surface area contributed by atoms with Crippen molar-refractivity contribution in [3.05, 3.63) is 23.0 Å². The van der Waals surface area contributed by atoms with Gasteiger partial charge in [0.05, 0.1) is 0 Å². The lowest BCUT2D eigenvalue weighted by atomic mass is 9.96. The Morgan fingerprint density at radius 3 is 2.93 bits per heavy atom. The van der Waals surface area contributed by atoms with Crippen molar-refractivity contribution < 1.29 is 0 Å². The van der Waals surface area contributed by atoms with Crippen molar-refractivity contribution >= 4 is 22.1 Å². The van der Waals surface area contributed by atoms with Gasteiger partial charge in [-0.2, -0.15) is 0 Å². The minimum Gasteiger partial charge on any atom is -0.393 e. The molecule has 78 valence electrons. The summed E-state index contributed by atoms with van der Waals surface area (Å²) >= 11 is 3.55. The maximum absolute atomic E-state index is 4.16. The highest BCUT2D eigenvalue weighted by Crippen LogP contribution is 2.21. The zero-order valence-electron chi connectivity index (χ0n) is 8.50. The number of nitrogens with zero attached hydrogens (tertiary/aromatic N) is 1. The molecule has 0 fully saturated rings. The lowest BCUT2D eigenvalue weighted by molar-refractivity contribution is 0.535. The molecule has 1 aliphatic rings. The Balaban J connectivity index is 2.66. The fraction of sp³-hybridized carbons (Fsp3) is 0.500. The fourth-order valence-electron chi connectivity index (χ4n) is 1.51. The third-order valence-electron chi connectivity index (χ3n) is 2.20. The van der Waals surface area contributed by atoms with Crippen LogP contribution >= 0.6 is 15.9 Å². The SMILES string of the molecule is CN/C=C(/Br)C(NC)C1C=NC=CC1. The number of halogens is 1.